The molecule has 4 rings (SSSR count). The zero-order valence-electron chi connectivity index (χ0n) is 17.9. The fraction of sp³-hybridized carbons (Fsp3) is 0.391. The number of phenolic OH excluding ortho intramolecular Hbond substituents is 1. The van der Waals surface area contributed by atoms with Gasteiger partial charge in [-0.05, 0) is 43.4 Å². The Balaban J connectivity index is 1.63. The standard InChI is InChI=1S/C23H29N5O2/c1-4-27(5-2)13-11-24-10-12-26(3)20-9-7-18-22-21(20)23(30)17-14-16(29)6-8-19(17)28(22)15-25-18/h6-9,14-15,24,29H,4-5,10-13H2,1-3H3. The smallest absolute Gasteiger partial charge is 0.199 e. The molecule has 30 heavy (non-hydrogen) atoms. The molecule has 2 heterocycles. The van der Waals surface area contributed by atoms with Gasteiger partial charge in [-0.2, -0.15) is 0 Å². The largest absolute Gasteiger partial charge is 0.508 e. The number of imidazole rings is 1. The first kappa shape index (κ1) is 20.4. The molecule has 7 heteroatoms. The molecule has 2 aromatic heterocycles. The van der Waals surface area contributed by atoms with Crippen molar-refractivity contribution in [2.24, 2.45) is 0 Å². The van der Waals surface area contributed by atoms with E-state index in [2.05, 4.69) is 33.9 Å². The summed E-state index contributed by atoms with van der Waals surface area (Å²) in [5.41, 5.74) is 3.19. The van der Waals surface area contributed by atoms with E-state index in [0.29, 0.717) is 10.8 Å². The Morgan fingerprint density at radius 2 is 1.87 bits per heavy atom. The van der Waals surface area contributed by atoms with Gasteiger partial charge in [0.25, 0.3) is 0 Å². The lowest BCUT2D eigenvalue weighted by Gasteiger charge is -2.22. The van der Waals surface area contributed by atoms with Crippen LogP contribution in [0.3, 0.4) is 0 Å². The third-order valence-electron chi connectivity index (χ3n) is 5.93. The van der Waals surface area contributed by atoms with Gasteiger partial charge >= 0.3 is 0 Å². The number of rotatable bonds is 9. The summed E-state index contributed by atoms with van der Waals surface area (Å²) < 4.78 is 1.94. The molecule has 0 unspecified atom stereocenters. The zero-order valence-corrected chi connectivity index (χ0v) is 17.9. The third kappa shape index (κ3) is 3.55. The van der Waals surface area contributed by atoms with Crippen LogP contribution in [0.15, 0.2) is 41.5 Å². The van der Waals surface area contributed by atoms with Crippen molar-refractivity contribution in [2.75, 3.05) is 51.2 Å². The van der Waals surface area contributed by atoms with Gasteiger partial charge in [-0.1, -0.05) is 13.8 Å². The zero-order chi connectivity index (χ0) is 21.3. The quantitative estimate of drug-likeness (QED) is 0.328. The van der Waals surface area contributed by atoms with Gasteiger partial charge in [0.2, 0.25) is 0 Å². The summed E-state index contributed by atoms with van der Waals surface area (Å²) >= 11 is 0. The second-order valence-corrected chi connectivity index (χ2v) is 7.67. The number of aromatic nitrogens is 2. The van der Waals surface area contributed by atoms with Crippen LogP contribution in [0.4, 0.5) is 5.69 Å². The number of fused-ring (bicyclic) bond motifs is 2. The molecule has 7 nitrogen and oxygen atoms in total. The molecule has 0 atom stereocenters. The summed E-state index contributed by atoms with van der Waals surface area (Å²) in [6.07, 6.45) is 1.75. The van der Waals surface area contributed by atoms with E-state index in [0.717, 1.165) is 61.5 Å². The predicted molar refractivity (Wildman–Crippen MR) is 123 cm³/mol. The highest BCUT2D eigenvalue weighted by atomic mass is 16.3. The predicted octanol–water partition coefficient (Wildman–Crippen LogP) is 2.51. The summed E-state index contributed by atoms with van der Waals surface area (Å²) in [4.78, 5) is 22.4. The van der Waals surface area contributed by atoms with E-state index in [4.69, 9.17) is 0 Å². The lowest BCUT2D eigenvalue weighted by molar-refractivity contribution is 0.303. The molecule has 0 aliphatic heterocycles. The van der Waals surface area contributed by atoms with E-state index in [1.165, 1.54) is 6.07 Å². The molecule has 0 aliphatic carbocycles. The van der Waals surface area contributed by atoms with Crippen molar-refractivity contribution in [1.82, 2.24) is 19.6 Å². The minimum absolute atomic E-state index is 0.0733. The van der Waals surface area contributed by atoms with Gasteiger partial charge in [-0.25, -0.2) is 4.98 Å². The van der Waals surface area contributed by atoms with Crippen LogP contribution in [-0.4, -0.2) is 65.7 Å². The fourth-order valence-corrected chi connectivity index (χ4v) is 4.14. The highest BCUT2D eigenvalue weighted by molar-refractivity contribution is 6.07. The summed E-state index contributed by atoms with van der Waals surface area (Å²) in [5, 5.41) is 14.6. The monoisotopic (exact) mass is 407 g/mol. The number of hydrogen-bond acceptors (Lipinski definition) is 6. The number of nitrogens with zero attached hydrogens (tertiary/aromatic N) is 4. The van der Waals surface area contributed by atoms with Gasteiger partial charge in [-0.3, -0.25) is 9.20 Å². The first-order valence-corrected chi connectivity index (χ1v) is 10.6. The topological polar surface area (TPSA) is 73.1 Å². The lowest BCUT2D eigenvalue weighted by atomic mass is 10.1. The van der Waals surface area contributed by atoms with Crippen LogP contribution < -0.4 is 15.6 Å². The normalized spacial score (nSPS) is 12.0. The molecule has 0 saturated carbocycles. The van der Waals surface area contributed by atoms with Crippen molar-refractivity contribution >= 4 is 33.0 Å². The summed E-state index contributed by atoms with van der Waals surface area (Å²) in [5.74, 6) is 0.0881. The number of anilines is 1. The number of benzene rings is 2. The number of likely N-dealkylation sites (N-methyl/N-ethyl adjacent to an activating group) is 2. The maximum Gasteiger partial charge on any atom is 0.199 e. The molecule has 2 aromatic carbocycles. The fourth-order valence-electron chi connectivity index (χ4n) is 4.14. The minimum Gasteiger partial charge on any atom is -0.508 e. The number of aromatic hydroxyl groups is 1. The molecule has 2 N–H and O–H groups in total. The van der Waals surface area contributed by atoms with Crippen LogP contribution in [0.1, 0.15) is 13.8 Å². The summed E-state index contributed by atoms with van der Waals surface area (Å²) in [7, 11) is 2.01. The Morgan fingerprint density at radius 1 is 1.10 bits per heavy atom. The van der Waals surface area contributed by atoms with Gasteiger partial charge in [0.15, 0.2) is 5.43 Å². The van der Waals surface area contributed by atoms with Crippen LogP contribution in [0, 0.1) is 0 Å². The minimum atomic E-state index is -0.0733. The molecule has 158 valence electrons. The van der Waals surface area contributed by atoms with Gasteiger partial charge in [0, 0.05) is 33.2 Å². The highest BCUT2D eigenvalue weighted by Gasteiger charge is 2.18. The number of phenols is 1. The van der Waals surface area contributed by atoms with Gasteiger partial charge < -0.3 is 20.2 Å². The number of nitrogens with one attached hydrogen (secondary N) is 1. The number of hydrogen-bond donors (Lipinski definition) is 2. The lowest BCUT2D eigenvalue weighted by Crippen LogP contribution is -2.35. The van der Waals surface area contributed by atoms with E-state index < -0.39 is 0 Å². The third-order valence-corrected chi connectivity index (χ3v) is 5.93. The number of pyridine rings is 1. The van der Waals surface area contributed by atoms with E-state index >= 15 is 0 Å². The molecule has 0 radical (unpaired) electrons. The summed E-state index contributed by atoms with van der Waals surface area (Å²) in [6, 6.07) is 8.84. The molecular weight excluding hydrogens is 378 g/mol. The van der Waals surface area contributed by atoms with Gasteiger partial charge in [-0.15, -0.1) is 0 Å². The average Bonchev–Trinajstić information content (AvgIpc) is 3.18. The van der Waals surface area contributed by atoms with Crippen molar-refractivity contribution in [3.05, 3.63) is 46.9 Å². The molecule has 0 fully saturated rings. The maximum absolute atomic E-state index is 13.4. The van der Waals surface area contributed by atoms with Crippen molar-refractivity contribution in [1.29, 1.82) is 0 Å². The van der Waals surface area contributed by atoms with Crippen LogP contribution in [0.5, 0.6) is 5.75 Å². The van der Waals surface area contributed by atoms with Crippen molar-refractivity contribution < 1.29 is 5.11 Å². The van der Waals surface area contributed by atoms with Crippen LogP contribution in [0.25, 0.3) is 27.3 Å². The average molecular weight is 408 g/mol. The molecule has 0 bridgehead atoms. The Kier molecular flexibility index (Phi) is 5.74. The SMILES string of the molecule is CCN(CC)CCNCCN(C)c1ccc2ncn3c4ccc(O)cc4c(=O)c1c23. The Morgan fingerprint density at radius 3 is 2.63 bits per heavy atom. The van der Waals surface area contributed by atoms with Crippen molar-refractivity contribution in [3.8, 4) is 5.75 Å². The van der Waals surface area contributed by atoms with E-state index in [9.17, 15) is 9.90 Å². The van der Waals surface area contributed by atoms with Crippen LogP contribution in [0.2, 0.25) is 0 Å². The Bertz CT molecular complexity index is 1220. The molecule has 0 amide bonds. The summed E-state index contributed by atoms with van der Waals surface area (Å²) in [6.45, 7) is 10.1. The van der Waals surface area contributed by atoms with Gasteiger partial charge in [0.1, 0.15) is 12.1 Å². The molecule has 0 saturated heterocycles. The van der Waals surface area contributed by atoms with Crippen molar-refractivity contribution in [3.63, 3.8) is 0 Å². The molecular formula is C23H29N5O2. The van der Waals surface area contributed by atoms with Crippen LogP contribution >= 0.6 is 0 Å². The van der Waals surface area contributed by atoms with Gasteiger partial charge in [0.05, 0.1) is 33.0 Å². The second kappa shape index (κ2) is 8.45. The van der Waals surface area contributed by atoms with Crippen LogP contribution in [-0.2, 0) is 0 Å². The maximum atomic E-state index is 13.4. The van der Waals surface area contributed by atoms with E-state index in [-0.39, 0.29) is 11.2 Å². The second-order valence-electron chi connectivity index (χ2n) is 7.67. The highest BCUT2D eigenvalue weighted by Crippen LogP contribution is 2.30. The van der Waals surface area contributed by atoms with Crippen molar-refractivity contribution in [2.45, 2.75) is 13.8 Å². The van der Waals surface area contributed by atoms with E-state index in [1.807, 2.05) is 23.6 Å². The molecule has 0 aliphatic rings. The first-order chi connectivity index (χ1) is 14.5. The molecule has 4 aromatic rings. The Hall–Kier alpha value is -2.90. The molecule has 0 spiro atoms. The first-order valence-electron chi connectivity index (χ1n) is 10.6. The van der Waals surface area contributed by atoms with E-state index in [1.54, 1.807) is 18.5 Å². The Labute approximate surface area is 175 Å².